The summed E-state index contributed by atoms with van der Waals surface area (Å²) < 4.78 is 0. The van der Waals surface area contributed by atoms with Gasteiger partial charge in [-0.1, -0.05) is 11.6 Å². The standard InChI is InChI=1S/C17H20ClN3O.2ClH/c1-19-7-2-8-20-17(22)14-10-16(11-3-4-11)21-15-6-5-12(18)9-13(14)15;;/h5-6,9-11,19H,2-4,7-8H2,1H3,(H,20,22);2*1H. The minimum absolute atomic E-state index is 0. The molecule has 1 aliphatic carbocycles. The SMILES string of the molecule is CNCCCNC(=O)c1cc(C2CC2)nc2ccc(Cl)cc12.Cl.Cl. The molecule has 0 unspecified atom stereocenters. The number of rotatable bonds is 6. The Bertz CT molecular complexity index is 705. The third kappa shape index (κ3) is 4.96. The molecule has 0 bridgehead atoms. The number of halogens is 3. The minimum atomic E-state index is -0.0485. The predicted molar refractivity (Wildman–Crippen MR) is 104 cm³/mol. The van der Waals surface area contributed by atoms with E-state index in [2.05, 4.69) is 15.6 Å². The first-order chi connectivity index (χ1) is 10.7. The van der Waals surface area contributed by atoms with Crippen molar-refractivity contribution in [3.05, 3.63) is 40.5 Å². The first-order valence-electron chi connectivity index (χ1n) is 7.72. The summed E-state index contributed by atoms with van der Waals surface area (Å²) in [5.74, 6) is 0.462. The number of hydrogen-bond donors (Lipinski definition) is 2. The molecule has 0 aliphatic heterocycles. The van der Waals surface area contributed by atoms with Crippen LogP contribution in [0.3, 0.4) is 0 Å². The molecule has 0 atom stereocenters. The second-order valence-electron chi connectivity index (χ2n) is 5.74. The number of amides is 1. The van der Waals surface area contributed by atoms with Crippen LogP contribution < -0.4 is 10.6 Å². The molecule has 1 aromatic carbocycles. The van der Waals surface area contributed by atoms with Crippen molar-refractivity contribution in [3.63, 3.8) is 0 Å². The highest BCUT2D eigenvalue weighted by Gasteiger charge is 2.27. The summed E-state index contributed by atoms with van der Waals surface area (Å²) in [7, 11) is 1.90. The molecule has 1 aliphatic rings. The molecule has 2 aromatic rings. The largest absolute Gasteiger partial charge is 0.352 e. The average Bonchev–Trinajstić information content (AvgIpc) is 3.35. The second kappa shape index (κ2) is 9.42. The van der Waals surface area contributed by atoms with Crippen molar-refractivity contribution >= 4 is 53.2 Å². The van der Waals surface area contributed by atoms with Gasteiger partial charge in [0.15, 0.2) is 0 Å². The number of fused-ring (bicyclic) bond motifs is 1. The second-order valence-corrected chi connectivity index (χ2v) is 6.18. The highest BCUT2D eigenvalue weighted by atomic mass is 35.5. The molecule has 1 aromatic heterocycles. The Morgan fingerprint density at radius 3 is 2.67 bits per heavy atom. The predicted octanol–water partition coefficient (Wildman–Crippen LogP) is 3.95. The van der Waals surface area contributed by atoms with E-state index in [1.807, 2.05) is 31.3 Å². The first-order valence-corrected chi connectivity index (χ1v) is 8.10. The lowest BCUT2D eigenvalue weighted by Gasteiger charge is -2.10. The van der Waals surface area contributed by atoms with Gasteiger partial charge in [0.2, 0.25) is 0 Å². The van der Waals surface area contributed by atoms with Gasteiger partial charge < -0.3 is 10.6 Å². The molecule has 1 saturated carbocycles. The molecule has 0 saturated heterocycles. The molecule has 2 N–H and O–H groups in total. The van der Waals surface area contributed by atoms with E-state index in [-0.39, 0.29) is 30.7 Å². The van der Waals surface area contributed by atoms with Crippen molar-refractivity contribution in [3.8, 4) is 0 Å². The van der Waals surface area contributed by atoms with E-state index < -0.39 is 0 Å². The molecule has 24 heavy (non-hydrogen) atoms. The number of pyridine rings is 1. The van der Waals surface area contributed by atoms with Crippen LogP contribution in [-0.4, -0.2) is 31.0 Å². The molecule has 0 radical (unpaired) electrons. The number of nitrogens with one attached hydrogen (secondary N) is 2. The van der Waals surface area contributed by atoms with E-state index in [0.717, 1.165) is 42.4 Å². The van der Waals surface area contributed by atoms with Crippen molar-refractivity contribution < 1.29 is 4.79 Å². The fraction of sp³-hybridized carbons (Fsp3) is 0.412. The summed E-state index contributed by atoms with van der Waals surface area (Å²) in [4.78, 5) is 17.2. The fourth-order valence-corrected chi connectivity index (χ4v) is 2.73. The van der Waals surface area contributed by atoms with Crippen LogP contribution in [0.1, 0.15) is 41.2 Å². The van der Waals surface area contributed by atoms with Gasteiger partial charge in [0, 0.05) is 28.6 Å². The highest BCUT2D eigenvalue weighted by Crippen LogP contribution is 2.40. The van der Waals surface area contributed by atoms with Gasteiger partial charge in [0.05, 0.1) is 11.1 Å². The van der Waals surface area contributed by atoms with E-state index in [4.69, 9.17) is 11.6 Å². The van der Waals surface area contributed by atoms with Crippen LogP contribution in [0.2, 0.25) is 5.02 Å². The minimum Gasteiger partial charge on any atom is -0.352 e. The Hall–Kier alpha value is -1.07. The third-order valence-corrected chi connectivity index (χ3v) is 4.16. The normalized spacial score (nSPS) is 13.1. The molecule has 1 heterocycles. The van der Waals surface area contributed by atoms with E-state index in [0.29, 0.717) is 23.0 Å². The van der Waals surface area contributed by atoms with Crippen LogP contribution in [0.15, 0.2) is 24.3 Å². The van der Waals surface area contributed by atoms with E-state index in [9.17, 15) is 4.79 Å². The molecule has 7 heteroatoms. The van der Waals surface area contributed by atoms with Gasteiger partial charge in [-0.25, -0.2) is 0 Å². The van der Waals surface area contributed by atoms with Gasteiger partial charge in [-0.2, -0.15) is 0 Å². The molecule has 1 fully saturated rings. The lowest BCUT2D eigenvalue weighted by molar-refractivity contribution is 0.0955. The number of aromatic nitrogens is 1. The maximum Gasteiger partial charge on any atom is 0.252 e. The molecule has 1 amide bonds. The summed E-state index contributed by atoms with van der Waals surface area (Å²) in [5.41, 5.74) is 2.54. The summed E-state index contributed by atoms with van der Waals surface area (Å²) in [6, 6.07) is 7.47. The molecule has 4 nitrogen and oxygen atoms in total. The molecule has 3 rings (SSSR count). The topological polar surface area (TPSA) is 54.0 Å². The summed E-state index contributed by atoms with van der Waals surface area (Å²) in [6.45, 7) is 1.54. The van der Waals surface area contributed by atoms with Crippen molar-refractivity contribution in [2.45, 2.75) is 25.2 Å². The van der Waals surface area contributed by atoms with Gasteiger partial charge >= 0.3 is 0 Å². The summed E-state index contributed by atoms with van der Waals surface area (Å²) in [6.07, 6.45) is 3.23. The van der Waals surface area contributed by atoms with Gasteiger partial charge in [0.25, 0.3) is 5.91 Å². The van der Waals surface area contributed by atoms with Crippen LogP contribution in [0.5, 0.6) is 0 Å². The zero-order valence-electron chi connectivity index (χ0n) is 13.5. The van der Waals surface area contributed by atoms with E-state index >= 15 is 0 Å². The smallest absolute Gasteiger partial charge is 0.252 e. The van der Waals surface area contributed by atoms with Crippen molar-refractivity contribution in [1.82, 2.24) is 15.6 Å². The molecule has 132 valence electrons. The highest BCUT2D eigenvalue weighted by molar-refractivity contribution is 6.31. The van der Waals surface area contributed by atoms with Crippen LogP contribution in [0.4, 0.5) is 0 Å². The van der Waals surface area contributed by atoms with Crippen molar-refractivity contribution in [2.75, 3.05) is 20.1 Å². The molecular formula is C17H22Cl3N3O. The number of hydrogen-bond acceptors (Lipinski definition) is 3. The average molecular weight is 391 g/mol. The fourth-order valence-electron chi connectivity index (χ4n) is 2.56. The molecular weight excluding hydrogens is 369 g/mol. The quantitative estimate of drug-likeness (QED) is 0.734. The maximum atomic E-state index is 12.5. The summed E-state index contributed by atoms with van der Waals surface area (Å²) in [5, 5.41) is 7.50. The zero-order chi connectivity index (χ0) is 15.5. The van der Waals surface area contributed by atoms with E-state index in [1.165, 1.54) is 0 Å². The van der Waals surface area contributed by atoms with Crippen molar-refractivity contribution in [1.29, 1.82) is 0 Å². The third-order valence-electron chi connectivity index (χ3n) is 3.92. The van der Waals surface area contributed by atoms with Crippen LogP contribution >= 0.6 is 36.4 Å². The number of nitrogens with zero attached hydrogens (tertiary/aromatic N) is 1. The van der Waals surface area contributed by atoms with Crippen LogP contribution in [0.25, 0.3) is 10.9 Å². The lowest BCUT2D eigenvalue weighted by atomic mass is 10.1. The Balaban J connectivity index is 0.00000144. The van der Waals surface area contributed by atoms with E-state index in [1.54, 1.807) is 0 Å². The number of benzene rings is 1. The molecule has 0 spiro atoms. The Labute approximate surface area is 159 Å². The van der Waals surface area contributed by atoms with Crippen LogP contribution in [-0.2, 0) is 0 Å². The van der Waals surface area contributed by atoms with Gasteiger partial charge in [-0.3, -0.25) is 9.78 Å². The Kier molecular flexibility index (Phi) is 8.23. The summed E-state index contributed by atoms with van der Waals surface area (Å²) >= 11 is 6.09. The zero-order valence-corrected chi connectivity index (χ0v) is 15.9. The maximum absolute atomic E-state index is 12.5. The monoisotopic (exact) mass is 389 g/mol. The van der Waals surface area contributed by atoms with Crippen molar-refractivity contribution in [2.24, 2.45) is 0 Å². The Morgan fingerprint density at radius 2 is 2.00 bits per heavy atom. The van der Waals surface area contributed by atoms with Gasteiger partial charge in [0.1, 0.15) is 0 Å². The number of carbonyl (C=O) groups is 1. The van der Waals surface area contributed by atoms with Gasteiger partial charge in [-0.15, -0.1) is 24.8 Å². The lowest BCUT2D eigenvalue weighted by Crippen LogP contribution is -2.27. The number of carbonyl (C=O) groups excluding carboxylic acids is 1. The van der Waals surface area contributed by atoms with Crippen LogP contribution in [0, 0.1) is 0 Å². The Morgan fingerprint density at radius 1 is 1.25 bits per heavy atom. The first kappa shape index (κ1) is 21.0. The van der Waals surface area contributed by atoms with Gasteiger partial charge in [-0.05, 0) is 57.1 Å².